The van der Waals surface area contributed by atoms with Crippen LogP contribution in [0.25, 0.3) is 0 Å². The lowest BCUT2D eigenvalue weighted by atomic mass is 10.0. The molecule has 0 fully saturated rings. The van der Waals surface area contributed by atoms with E-state index in [1.807, 2.05) is 12.1 Å². The first-order valence-electron chi connectivity index (χ1n) is 7.03. The van der Waals surface area contributed by atoms with E-state index >= 15 is 0 Å². The molecule has 5 N–H and O–H groups in total. The number of H-pyrrole nitrogens is 1. The Bertz CT molecular complexity index is 637. The van der Waals surface area contributed by atoms with E-state index in [4.69, 9.17) is 5.73 Å². The summed E-state index contributed by atoms with van der Waals surface area (Å²) in [5.74, 6) is 0.938. The lowest BCUT2D eigenvalue weighted by Crippen LogP contribution is -2.19. The molecule has 7 heteroatoms. The molecule has 0 unspecified atom stereocenters. The Kier molecular flexibility index (Phi) is 3.72. The molecular formula is C14H18N6O. The third kappa shape index (κ3) is 3.13. The van der Waals surface area contributed by atoms with Crippen LogP contribution in [0.4, 0.5) is 17.1 Å². The van der Waals surface area contributed by atoms with Gasteiger partial charge in [-0.2, -0.15) is 5.10 Å². The fourth-order valence-corrected chi connectivity index (χ4v) is 2.43. The molecule has 7 nitrogen and oxygen atoms in total. The number of aryl methyl sites for hydroxylation is 2. The zero-order valence-electron chi connectivity index (χ0n) is 11.6. The molecule has 2 aromatic rings. The van der Waals surface area contributed by atoms with E-state index in [9.17, 15) is 4.79 Å². The Labute approximate surface area is 122 Å². The van der Waals surface area contributed by atoms with E-state index in [1.165, 1.54) is 6.33 Å². The van der Waals surface area contributed by atoms with Crippen molar-refractivity contribution in [3.63, 3.8) is 0 Å². The molecule has 1 aromatic heterocycles. The molecule has 0 spiro atoms. The lowest BCUT2D eigenvalue weighted by Gasteiger charge is -2.19. The number of nitrogens with one attached hydrogen (secondary N) is 3. The Balaban J connectivity index is 1.59. The zero-order valence-corrected chi connectivity index (χ0v) is 11.6. The van der Waals surface area contributed by atoms with Crippen LogP contribution in [0.1, 0.15) is 24.2 Å². The quantitative estimate of drug-likeness (QED) is 0.489. The molecule has 0 saturated carbocycles. The van der Waals surface area contributed by atoms with E-state index in [1.54, 1.807) is 0 Å². The standard InChI is InChI=1S/C14H18N6O/c15-10-7-11-9(3-4-14(21)19-11)6-12(10)16-5-1-2-13-17-8-18-20-13/h6-8,16H,1-5,15H2,(H,19,21)(H,17,18,20). The maximum atomic E-state index is 11.4. The van der Waals surface area contributed by atoms with Crippen molar-refractivity contribution >= 4 is 23.0 Å². The van der Waals surface area contributed by atoms with Crippen molar-refractivity contribution in [3.05, 3.63) is 29.8 Å². The van der Waals surface area contributed by atoms with E-state index in [2.05, 4.69) is 25.8 Å². The topological polar surface area (TPSA) is 109 Å². The summed E-state index contributed by atoms with van der Waals surface area (Å²) in [7, 11) is 0. The van der Waals surface area contributed by atoms with Crippen LogP contribution in [0, 0.1) is 0 Å². The van der Waals surface area contributed by atoms with Crippen molar-refractivity contribution in [1.29, 1.82) is 0 Å². The van der Waals surface area contributed by atoms with Crippen LogP contribution in [0.2, 0.25) is 0 Å². The average molecular weight is 286 g/mol. The van der Waals surface area contributed by atoms with Gasteiger partial charge in [0.1, 0.15) is 12.2 Å². The summed E-state index contributed by atoms with van der Waals surface area (Å²) < 4.78 is 0. The molecule has 0 bridgehead atoms. The third-order valence-corrected chi connectivity index (χ3v) is 3.54. The van der Waals surface area contributed by atoms with Gasteiger partial charge in [0.2, 0.25) is 5.91 Å². The highest BCUT2D eigenvalue weighted by Gasteiger charge is 2.16. The highest BCUT2D eigenvalue weighted by Crippen LogP contribution is 2.30. The van der Waals surface area contributed by atoms with Crippen molar-refractivity contribution < 1.29 is 4.79 Å². The molecule has 1 amide bonds. The molecule has 2 heterocycles. The number of fused-ring (bicyclic) bond motifs is 1. The van der Waals surface area contributed by atoms with Crippen LogP contribution in [0.5, 0.6) is 0 Å². The second-order valence-corrected chi connectivity index (χ2v) is 5.11. The molecule has 3 rings (SSSR count). The van der Waals surface area contributed by atoms with Gasteiger partial charge in [-0.3, -0.25) is 9.89 Å². The van der Waals surface area contributed by atoms with Gasteiger partial charge in [-0.25, -0.2) is 4.98 Å². The number of hydrogen-bond donors (Lipinski definition) is 4. The van der Waals surface area contributed by atoms with Crippen molar-refractivity contribution in [1.82, 2.24) is 15.2 Å². The minimum absolute atomic E-state index is 0.0506. The number of benzene rings is 1. The van der Waals surface area contributed by atoms with Gasteiger partial charge >= 0.3 is 0 Å². The monoisotopic (exact) mass is 286 g/mol. The maximum absolute atomic E-state index is 11.4. The SMILES string of the molecule is Nc1cc2c(cc1NCCCc1ncn[nH]1)CCC(=O)N2. The van der Waals surface area contributed by atoms with Gasteiger partial charge in [-0.15, -0.1) is 0 Å². The normalized spacial score (nSPS) is 13.6. The molecule has 0 atom stereocenters. The van der Waals surface area contributed by atoms with Gasteiger partial charge < -0.3 is 16.4 Å². The number of nitrogens with zero attached hydrogens (tertiary/aromatic N) is 2. The van der Waals surface area contributed by atoms with Crippen LogP contribution in [0.3, 0.4) is 0 Å². The van der Waals surface area contributed by atoms with Gasteiger partial charge in [0, 0.05) is 25.1 Å². The largest absolute Gasteiger partial charge is 0.397 e. The molecule has 0 aliphatic carbocycles. The minimum Gasteiger partial charge on any atom is -0.397 e. The smallest absolute Gasteiger partial charge is 0.224 e. The second kappa shape index (κ2) is 5.82. The van der Waals surface area contributed by atoms with E-state index in [0.717, 1.165) is 48.6 Å². The summed E-state index contributed by atoms with van der Waals surface area (Å²) >= 11 is 0. The van der Waals surface area contributed by atoms with Crippen molar-refractivity contribution in [3.8, 4) is 0 Å². The first-order chi connectivity index (χ1) is 10.2. The van der Waals surface area contributed by atoms with Gasteiger partial charge in [-0.05, 0) is 30.5 Å². The number of nitrogens with two attached hydrogens (primary N) is 1. The summed E-state index contributed by atoms with van der Waals surface area (Å²) in [5, 5.41) is 12.8. The first-order valence-corrected chi connectivity index (χ1v) is 7.03. The molecule has 1 aliphatic heterocycles. The number of anilines is 3. The summed E-state index contributed by atoms with van der Waals surface area (Å²) in [4.78, 5) is 15.4. The summed E-state index contributed by atoms with van der Waals surface area (Å²) in [6.07, 6.45) is 4.57. The van der Waals surface area contributed by atoms with Gasteiger partial charge in [-0.1, -0.05) is 0 Å². The molecule has 0 radical (unpaired) electrons. The van der Waals surface area contributed by atoms with Crippen LogP contribution in [-0.2, 0) is 17.6 Å². The van der Waals surface area contributed by atoms with Crippen LogP contribution >= 0.6 is 0 Å². The van der Waals surface area contributed by atoms with Gasteiger partial charge in [0.15, 0.2) is 0 Å². The van der Waals surface area contributed by atoms with Crippen molar-refractivity contribution in [2.24, 2.45) is 0 Å². The van der Waals surface area contributed by atoms with Crippen LogP contribution in [0.15, 0.2) is 18.5 Å². The van der Waals surface area contributed by atoms with Crippen LogP contribution in [-0.4, -0.2) is 27.6 Å². The predicted octanol–water partition coefficient (Wildman–Crippen LogP) is 1.32. The Hall–Kier alpha value is -2.57. The highest BCUT2D eigenvalue weighted by molar-refractivity contribution is 5.95. The minimum atomic E-state index is 0.0506. The van der Waals surface area contributed by atoms with Gasteiger partial charge in [0.25, 0.3) is 0 Å². The Morgan fingerprint density at radius 1 is 1.33 bits per heavy atom. The molecule has 0 saturated heterocycles. The fourth-order valence-electron chi connectivity index (χ4n) is 2.43. The summed E-state index contributed by atoms with van der Waals surface area (Å²) in [6.45, 7) is 0.802. The number of amides is 1. The first kappa shape index (κ1) is 13.4. The van der Waals surface area contributed by atoms with Crippen molar-refractivity contribution in [2.75, 3.05) is 22.9 Å². The maximum Gasteiger partial charge on any atom is 0.224 e. The molecular weight excluding hydrogens is 268 g/mol. The average Bonchev–Trinajstić information content (AvgIpc) is 2.97. The fraction of sp³-hybridized carbons (Fsp3) is 0.357. The van der Waals surface area contributed by atoms with E-state index < -0.39 is 0 Å². The van der Waals surface area contributed by atoms with E-state index in [0.29, 0.717) is 12.1 Å². The Morgan fingerprint density at radius 2 is 2.24 bits per heavy atom. The number of carbonyl (C=O) groups excluding carboxylic acids is 1. The van der Waals surface area contributed by atoms with Crippen LogP contribution < -0.4 is 16.4 Å². The number of aromatic nitrogens is 3. The summed E-state index contributed by atoms with van der Waals surface area (Å²) in [5.41, 5.74) is 9.55. The number of hydrogen-bond acceptors (Lipinski definition) is 5. The molecule has 1 aliphatic rings. The predicted molar refractivity (Wildman–Crippen MR) is 81.0 cm³/mol. The Morgan fingerprint density at radius 3 is 3.05 bits per heavy atom. The zero-order chi connectivity index (χ0) is 14.7. The number of aromatic amines is 1. The lowest BCUT2D eigenvalue weighted by molar-refractivity contribution is -0.116. The summed E-state index contributed by atoms with van der Waals surface area (Å²) in [6, 6.07) is 3.85. The molecule has 110 valence electrons. The highest BCUT2D eigenvalue weighted by atomic mass is 16.1. The third-order valence-electron chi connectivity index (χ3n) is 3.54. The number of carbonyl (C=O) groups is 1. The van der Waals surface area contributed by atoms with Crippen molar-refractivity contribution in [2.45, 2.75) is 25.7 Å². The molecule has 1 aromatic carbocycles. The van der Waals surface area contributed by atoms with E-state index in [-0.39, 0.29) is 5.91 Å². The van der Waals surface area contributed by atoms with Gasteiger partial charge in [0.05, 0.1) is 11.4 Å². The molecule has 21 heavy (non-hydrogen) atoms. The number of nitrogen functional groups attached to an aromatic ring is 1. The second-order valence-electron chi connectivity index (χ2n) is 5.11. The number of rotatable bonds is 5.